The largest absolute Gasteiger partial charge is 0.495 e. The van der Waals surface area contributed by atoms with Gasteiger partial charge in [0, 0.05) is 6.20 Å². The Labute approximate surface area is 112 Å². The summed E-state index contributed by atoms with van der Waals surface area (Å²) >= 11 is 0. The quantitative estimate of drug-likeness (QED) is 0.913. The van der Waals surface area contributed by atoms with Crippen molar-refractivity contribution >= 4 is 0 Å². The molecule has 1 saturated carbocycles. The molecule has 1 N–H and O–H groups in total. The Hall–Kier alpha value is -1.87. The standard InChI is InChI=1S/C16H17NO2/c1-19-14-3-2-10-17-15(14)16(18)13-8-6-12(7-9-13)11-4-5-11/h2-3,6-11,16,18H,4-5H2,1H3. The van der Waals surface area contributed by atoms with Gasteiger partial charge in [-0.1, -0.05) is 24.3 Å². The Kier molecular flexibility index (Phi) is 3.22. The Morgan fingerprint density at radius 3 is 2.58 bits per heavy atom. The van der Waals surface area contributed by atoms with E-state index in [-0.39, 0.29) is 0 Å². The van der Waals surface area contributed by atoms with Crippen molar-refractivity contribution in [3.63, 3.8) is 0 Å². The molecule has 0 bridgehead atoms. The van der Waals surface area contributed by atoms with Crippen LogP contribution in [0.2, 0.25) is 0 Å². The minimum Gasteiger partial charge on any atom is -0.495 e. The molecule has 0 aliphatic heterocycles. The van der Waals surface area contributed by atoms with E-state index >= 15 is 0 Å². The molecule has 98 valence electrons. The van der Waals surface area contributed by atoms with E-state index in [1.54, 1.807) is 19.4 Å². The van der Waals surface area contributed by atoms with Crippen molar-refractivity contribution < 1.29 is 9.84 Å². The highest BCUT2D eigenvalue weighted by atomic mass is 16.5. The van der Waals surface area contributed by atoms with E-state index in [0.717, 1.165) is 11.5 Å². The molecule has 3 heteroatoms. The maximum atomic E-state index is 10.4. The third kappa shape index (κ3) is 2.47. The number of aliphatic hydroxyl groups excluding tert-OH is 1. The topological polar surface area (TPSA) is 42.4 Å². The number of rotatable bonds is 4. The number of ether oxygens (including phenoxy) is 1. The van der Waals surface area contributed by atoms with E-state index in [4.69, 9.17) is 4.74 Å². The van der Waals surface area contributed by atoms with E-state index in [9.17, 15) is 5.11 Å². The summed E-state index contributed by atoms with van der Waals surface area (Å²) in [5.41, 5.74) is 2.77. The summed E-state index contributed by atoms with van der Waals surface area (Å²) in [5, 5.41) is 10.4. The summed E-state index contributed by atoms with van der Waals surface area (Å²) in [4.78, 5) is 4.22. The molecule has 19 heavy (non-hydrogen) atoms. The van der Waals surface area contributed by atoms with Crippen LogP contribution in [0.4, 0.5) is 0 Å². The molecule has 3 nitrogen and oxygen atoms in total. The number of pyridine rings is 1. The predicted molar refractivity (Wildman–Crippen MR) is 73.3 cm³/mol. The summed E-state index contributed by atoms with van der Waals surface area (Å²) in [7, 11) is 1.59. The number of methoxy groups -OCH3 is 1. The molecule has 0 radical (unpaired) electrons. The van der Waals surface area contributed by atoms with Crippen molar-refractivity contribution in [3.8, 4) is 5.75 Å². The van der Waals surface area contributed by atoms with Gasteiger partial charge in [-0.05, 0) is 42.0 Å². The molecular formula is C16H17NO2. The normalized spacial score (nSPS) is 16.1. The van der Waals surface area contributed by atoms with Crippen LogP contribution in [0.3, 0.4) is 0 Å². The second-order valence-electron chi connectivity index (χ2n) is 4.93. The van der Waals surface area contributed by atoms with E-state index in [1.807, 2.05) is 18.2 Å². The van der Waals surface area contributed by atoms with Crippen molar-refractivity contribution in [3.05, 3.63) is 59.4 Å². The van der Waals surface area contributed by atoms with Crippen LogP contribution in [0, 0.1) is 0 Å². The van der Waals surface area contributed by atoms with Crippen LogP contribution < -0.4 is 4.74 Å². The second-order valence-corrected chi connectivity index (χ2v) is 4.93. The molecule has 1 aliphatic rings. The summed E-state index contributed by atoms with van der Waals surface area (Å²) in [5.74, 6) is 1.34. The highest BCUT2D eigenvalue weighted by molar-refractivity contribution is 5.37. The molecule has 1 fully saturated rings. The number of aromatic nitrogens is 1. The lowest BCUT2D eigenvalue weighted by molar-refractivity contribution is 0.209. The van der Waals surface area contributed by atoms with Gasteiger partial charge in [0.05, 0.1) is 7.11 Å². The van der Waals surface area contributed by atoms with E-state index in [2.05, 4.69) is 17.1 Å². The smallest absolute Gasteiger partial charge is 0.143 e. The SMILES string of the molecule is COc1cccnc1C(O)c1ccc(C2CC2)cc1. The predicted octanol–water partition coefficient (Wildman–Crippen LogP) is 3.05. The fraction of sp³-hybridized carbons (Fsp3) is 0.312. The zero-order valence-corrected chi connectivity index (χ0v) is 10.9. The first-order valence-electron chi connectivity index (χ1n) is 6.56. The third-order valence-electron chi connectivity index (χ3n) is 3.58. The van der Waals surface area contributed by atoms with Crippen LogP contribution in [-0.4, -0.2) is 17.2 Å². The van der Waals surface area contributed by atoms with Gasteiger partial charge in [0.25, 0.3) is 0 Å². The van der Waals surface area contributed by atoms with E-state index < -0.39 is 6.10 Å². The molecule has 1 atom stereocenters. The maximum Gasteiger partial charge on any atom is 0.143 e. The van der Waals surface area contributed by atoms with Gasteiger partial charge in [0.15, 0.2) is 0 Å². The first-order chi connectivity index (χ1) is 9.29. The van der Waals surface area contributed by atoms with Crippen molar-refractivity contribution in [2.45, 2.75) is 24.9 Å². The molecule has 2 aromatic rings. The Morgan fingerprint density at radius 1 is 1.21 bits per heavy atom. The summed E-state index contributed by atoms with van der Waals surface area (Å²) < 4.78 is 5.24. The minimum atomic E-state index is -0.746. The van der Waals surface area contributed by atoms with Crippen LogP contribution in [0.15, 0.2) is 42.6 Å². The monoisotopic (exact) mass is 255 g/mol. The number of benzene rings is 1. The lowest BCUT2D eigenvalue weighted by atomic mass is 10.0. The first kappa shape index (κ1) is 12.2. The van der Waals surface area contributed by atoms with Crippen molar-refractivity contribution in [1.29, 1.82) is 0 Å². The van der Waals surface area contributed by atoms with Crippen molar-refractivity contribution in [1.82, 2.24) is 4.98 Å². The molecule has 1 aliphatic carbocycles. The number of aliphatic hydroxyl groups is 1. The van der Waals surface area contributed by atoms with Crippen LogP contribution >= 0.6 is 0 Å². The molecule has 3 rings (SSSR count). The molecule has 1 aromatic heterocycles. The molecule has 0 amide bonds. The molecule has 0 saturated heterocycles. The zero-order chi connectivity index (χ0) is 13.2. The van der Waals surface area contributed by atoms with Gasteiger partial charge in [0.1, 0.15) is 17.5 Å². The molecule has 0 spiro atoms. The maximum absolute atomic E-state index is 10.4. The average Bonchev–Trinajstić information content (AvgIpc) is 3.31. The van der Waals surface area contributed by atoms with Gasteiger partial charge in [0.2, 0.25) is 0 Å². The summed E-state index contributed by atoms with van der Waals surface area (Å²) in [6, 6.07) is 11.8. The van der Waals surface area contributed by atoms with Crippen LogP contribution in [0.25, 0.3) is 0 Å². The Balaban J connectivity index is 1.87. The third-order valence-corrected chi connectivity index (χ3v) is 3.58. The van der Waals surface area contributed by atoms with Crippen LogP contribution in [-0.2, 0) is 0 Å². The summed E-state index contributed by atoms with van der Waals surface area (Å²) in [6.45, 7) is 0. The van der Waals surface area contributed by atoms with Gasteiger partial charge in [-0.3, -0.25) is 4.98 Å². The van der Waals surface area contributed by atoms with Gasteiger partial charge >= 0.3 is 0 Å². The number of nitrogens with zero attached hydrogens (tertiary/aromatic N) is 1. The Bertz CT molecular complexity index is 561. The highest BCUT2D eigenvalue weighted by Crippen LogP contribution is 2.40. The lowest BCUT2D eigenvalue weighted by Gasteiger charge is -2.14. The minimum absolute atomic E-state index is 0.559. The van der Waals surface area contributed by atoms with Crippen molar-refractivity contribution in [2.75, 3.05) is 7.11 Å². The lowest BCUT2D eigenvalue weighted by Crippen LogP contribution is -2.04. The van der Waals surface area contributed by atoms with E-state index in [0.29, 0.717) is 11.4 Å². The zero-order valence-electron chi connectivity index (χ0n) is 10.9. The van der Waals surface area contributed by atoms with Gasteiger partial charge in [-0.15, -0.1) is 0 Å². The molecule has 1 unspecified atom stereocenters. The average molecular weight is 255 g/mol. The number of hydrogen-bond acceptors (Lipinski definition) is 3. The van der Waals surface area contributed by atoms with Crippen LogP contribution in [0.1, 0.15) is 41.7 Å². The fourth-order valence-electron chi connectivity index (χ4n) is 2.31. The van der Waals surface area contributed by atoms with Crippen molar-refractivity contribution in [2.24, 2.45) is 0 Å². The fourth-order valence-corrected chi connectivity index (χ4v) is 2.31. The van der Waals surface area contributed by atoms with Gasteiger partial charge in [-0.25, -0.2) is 0 Å². The highest BCUT2D eigenvalue weighted by Gasteiger charge is 2.24. The number of hydrogen-bond donors (Lipinski definition) is 1. The van der Waals surface area contributed by atoms with Crippen LogP contribution in [0.5, 0.6) is 5.75 Å². The van der Waals surface area contributed by atoms with Gasteiger partial charge in [-0.2, -0.15) is 0 Å². The van der Waals surface area contributed by atoms with Gasteiger partial charge < -0.3 is 9.84 Å². The summed E-state index contributed by atoms with van der Waals surface area (Å²) in [6.07, 6.45) is 3.50. The second kappa shape index (κ2) is 5.02. The Morgan fingerprint density at radius 2 is 1.95 bits per heavy atom. The molecule has 1 heterocycles. The van der Waals surface area contributed by atoms with E-state index in [1.165, 1.54) is 18.4 Å². The molecular weight excluding hydrogens is 238 g/mol. The molecule has 1 aromatic carbocycles. The first-order valence-corrected chi connectivity index (χ1v) is 6.56.